The first-order chi connectivity index (χ1) is 22.9. The van der Waals surface area contributed by atoms with E-state index in [4.69, 9.17) is 0 Å². The number of anilines is 1. The van der Waals surface area contributed by atoms with Crippen molar-refractivity contribution in [2.24, 2.45) is 17.8 Å². The monoisotopic (exact) mass is 733 g/mol. The lowest BCUT2D eigenvalue weighted by atomic mass is 9.48. The summed E-state index contributed by atoms with van der Waals surface area (Å²) in [5.41, 5.74) is 3.69. The fraction of sp³-hybridized carbons (Fsp3) is 0.487. The van der Waals surface area contributed by atoms with E-state index in [1.807, 2.05) is 80.6 Å². The number of rotatable bonds is 13. The predicted octanol–water partition coefficient (Wildman–Crippen LogP) is 7.24. The van der Waals surface area contributed by atoms with E-state index in [1.54, 1.807) is 4.90 Å². The Bertz CT molecular complexity index is 1680. The molecule has 0 aromatic heterocycles. The lowest BCUT2D eigenvalue weighted by Gasteiger charge is -2.57. The van der Waals surface area contributed by atoms with Crippen molar-refractivity contribution in [3.05, 3.63) is 100 Å². The first-order valence-corrected chi connectivity index (χ1v) is 20.0. The van der Waals surface area contributed by atoms with Gasteiger partial charge in [-0.3, -0.25) is 13.9 Å². The summed E-state index contributed by atoms with van der Waals surface area (Å²) in [5, 5.41) is 3.08. The molecule has 0 aliphatic heterocycles. The van der Waals surface area contributed by atoms with Gasteiger partial charge in [0.25, 0.3) is 0 Å². The van der Waals surface area contributed by atoms with Crippen molar-refractivity contribution < 1.29 is 18.0 Å². The maximum atomic E-state index is 14.5. The van der Waals surface area contributed by atoms with Crippen molar-refractivity contribution in [1.29, 1.82) is 0 Å². The molecule has 4 saturated carbocycles. The number of carbonyl (C=O) groups is 2. The highest BCUT2D eigenvalue weighted by Crippen LogP contribution is 2.60. The van der Waals surface area contributed by atoms with Crippen LogP contribution >= 0.6 is 15.9 Å². The number of amides is 2. The van der Waals surface area contributed by atoms with E-state index in [0.29, 0.717) is 12.1 Å². The van der Waals surface area contributed by atoms with Gasteiger partial charge in [0, 0.05) is 23.5 Å². The molecule has 4 fully saturated rings. The number of halogens is 1. The van der Waals surface area contributed by atoms with E-state index >= 15 is 0 Å². The van der Waals surface area contributed by atoms with E-state index in [1.165, 1.54) is 48.4 Å². The van der Waals surface area contributed by atoms with Crippen LogP contribution in [-0.4, -0.2) is 50.0 Å². The van der Waals surface area contributed by atoms with Gasteiger partial charge in [0.2, 0.25) is 21.8 Å². The Morgan fingerprint density at radius 3 is 2.06 bits per heavy atom. The normalized spacial score (nSPS) is 24.1. The molecule has 3 aromatic carbocycles. The first-order valence-electron chi connectivity index (χ1n) is 17.4. The number of hydrogen-bond acceptors (Lipinski definition) is 4. The smallest absolute Gasteiger partial charge is 0.244 e. The second kappa shape index (κ2) is 14.4. The topological polar surface area (TPSA) is 86.8 Å². The zero-order valence-corrected chi connectivity index (χ0v) is 30.7. The van der Waals surface area contributed by atoms with E-state index in [9.17, 15) is 18.0 Å². The highest BCUT2D eigenvalue weighted by Gasteiger charge is 2.51. The number of sulfonamides is 1. The molecule has 1 N–H and O–H groups in total. The molecule has 7 rings (SSSR count). The van der Waals surface area contributed by atoms with Crippen LogP contribution in [0.5, 0.6) is 0 Å². The van der Waals surface area contributed by atoms with Gasteiger partial charge >= 0.3 is 0 Å². The lowest BCUT2D eigenvalue weighted by Crippen LogP contribution is -2.54. The zero-order valence-electron chi connectivity index (χ0n) is 28.3. The highest BCUT2D eigenvalue weighted by molar-refractivity contribution is 9.10. The largest absolute Gasteiger partial charge is 0.352 e. The average molecular weight is 735 g/mol. The summed E-state index contributed by atoms with van der Waals surface area (Å²) in [6.45, 7) is 3.67. The maximum Gasteiger partial charge on any atom is 0.244 e. The van der Waals surface area contributed by atoms with Crippen LogP contribution in [0.1, 0.15) is 75.5 Å². The summed E-state index contributed by atoms with van der Waals surface area (Å²) in [6.07, 6.45) is 9.92. The molecule has 9 heteroatoms. The number of benzene rings is 3. The minimum atomic E-state index is -3.83. The van der Waals surface area contributed by atoms with Crippen LogP contribution in [0.15, 0.2) is 83.3 Å². The van der Waals surface area contributed by atoms with Crippen LogP contribution in [0.2, 0.25) is 0 Å². The van der Waals surface area contributed by atoms with Crippen molar-refractivity contribution in [3.8, 4) is 0 Å². The third-order valence-corrected chi connectivity index (χ3v) is 12.6. The molecule has 256 valence electrons. The molecule has 0 spiro atoms. The number of nitrogens with zero attached hydrogens (tertiary/aromatic N) is 2. The number of carbonyl (C=O) groups excluding carboxylic acids is 2. The first kappa shape index (κ1) is 34.7. The minimum absolute atomic E-state index is 0.0846. The molecular weight excluding hydrogens is 686 g/mol. The van der Waals surface area contributed by atoms with Gasteiger partial charge in [-0.25, -0.2) is 8.42 Å². The second-order valence-electron chi connectivity index (χ2n) is 14.7. The van der Waals surface area contributed by atoms with Crippen LogP contribution in [0.3, 0.4) is 0 Å². The van der Waals surface area contributed by atoms with Gasteiger partial charge in [-0.15, -0.1) is 0 Å². The molecule has 0 saturated heterocycles. The third kappa shape index (κ3) is 7.83. The third-order valence-electron chi connectivity index (χ3n) is 11.0. The summed E-state index contributed by atoms with van der Waals surface area (Å²) in [7, 11) is -3.83. The van der Waals surface area contributed by atoms with Crippen LogP contribution < -0.4 is 9.62 Å². The zero-order chi connectivity index (χ0) is 34.1. The molecule has 4 bridgehead atoms. The van der Waals surface area contributed by atoms with Crippen molar-refractivity contribution in [1.82, 2.24) is 10.2 Å². The fourth-order valence-corrected chi connectivity index (χ4v) is 10.2. The Morgan fingerprint density at radius 2 is 1.50 bits per heavy atom. The molecule has 0 heterocycles. The summed E-state index contributed by atoms with van der Waals surface area (Å²) in [4.78, 5) is 30.0. The molecular formula is C39H48BrN3O4S. The highest BCUT2D eigenvalue weighted by atomic mass is 79.9. The lowest BCUT2D eigenvalue weighted by molar-refractivity contribution is -0.140. The van der Waals surface area contributed by atoms with Gasteiger partial charge in [0.15, 0.2) is 0 Å². The molecule has 4 aliphatic rings. The fourth-order valence-electron chi connectivity index (χ4n) is 8.89. The standard InChI is InChI=1S/C39H48BrN3O4S/c1-4-27(2)41-38(45)36(21-28-9-6-5-7-10-28)42(25-29-11-8-12-34(40)20-29)37(44)26-43(48(3,46)47)35-15-13-33(14-16-35)39-22-30-17-31(23-39)19-32(18-30)24-39/h5-16,20,27,30-32,36H,4,17-19,21-26H2,1-3H3,(H,41,45). The van der Waals surface area contributed by atoms with Crippen molar-refractivity contribution in [3.63, 3.8) is 0 Å². The van der Waals surface area contributed by atoms with Gasteiger partial charge < -0.3 is 10.2 Å². The summed E-state index contributed by atoms with van der Waals surface area (Å²) in [6, 6.07) is 24.3. The summed E-state index contributed by atoms with van der Waals surface area (Å²) in [5.74, 6) is 1.71. The Morgan fingerprint density at radius 1 is 0.896 bits per heavy atom. The van der Waals surface area contributed by atoms with E-state index < -0.39 is 28.5 Å². The van der Waals surface area contributed by atoms with Crippen LogP contribution in [0.25, 0.3) is 0 Å². The second-order valence-corrected chi connectivity index (χ2v) is 17.5. The molecule has 0 radical (unpaired) electrons. The van der Waals surface area contributed by atoms with E-state index in [2.05, 4.69) is 33.4 Å². The van der Waals surface area contributed by atoms with Gasteiger partial charge in [-0.1, -0.05) is 77.5 Å². The summed E-state index contributed by atoms with van der Waals surface area (Å²) < 4.78 is 28.7. The molecule has 2 amide bonds. The van der Waals surface area contributed by atoms with E-state index in [-0.39, 0.29) is 23.9 Å². The number of nitrogens with one attached hydrogen (secondary N) is 1. The summed E-state index contributed by atoms with van der Waals surface area (Å²) >= 11 is 3.53. The predicted molar refractivity (Wildman–Crippen MR) is 195 cm³/mol. The van der Waals surface area contributed by atoms with E-state index in [0.717, 1.165) is 46.0 Å². The quantitative estimate of drug-likeness (QED) is 0.201. The Labute approximate surface area is 294 Å². The number of hydrogen-bond donors (Lipinski definition) is 1. The molecule has 3 aromatic rings. The van der Waals surface area contributed by atoms with Crippen molar-refractivity contribution in [2.45, 2.75) is 89.3 Å². The molecule has 48 heavy (non-hydrogen) atoms. The average Bonchev–Trinajstić information content (AvgIpc) is 3.04. The molecule has 4 aliphatic carbocycles. The van der Waals surface area contributed by atoms with Crippen LogP contribution in [0, 0.1) is 17.8 Å². The van der Waals surface area contributed by atoms with Crippen molar-refractivity contribution >= 4 is 43.5 Å². The van der Waals surface area contributed by atoms with Gasteiger partial charge in [0.1, 0.15) is 12.6 Å². The SMILES string of the molecule is CCC(C)NC(=O)C(Cc1ccccc1)N(Cc1cccc(Br)c1)C(=O)CN(c1ccc(C23CC4CC(CC(C4)C2)C3)cc1)S(C)(=O)=O. The van der Waals surface area contributed by atoms with Crippen LogP contribution in [-0.2, 0) is 38.0 Å². The Kier molecular flexibility index (Phi) is 10.4. The maximum absolute atomic E-state index is 14.5. The Hall–Kier alpha value is -3.17. The molecule has 2 atom stereocenters. The van der Waals surface area contributed by atoms with Gasteiger partial charge in [-0.05, 0) is 116 Å². The minimum Gasteiger partial charge on any atom is -0.352 e. The Balaban J connectivity index is 1.31. The van der Waals surface area contributed by atoms with Gasteiger partial charge in [-0.2, -0.15) is 0 Å². The molecule has 2 unspecified atom stereocenters. The van der Waals surface area contributed by atoms with Gasteiger partial charge in [0.05, 0.1) is 11.9 Å². The van der Waals surface area contributed by atoms with Crippen LogP contribution in [0.4, 0.5) is 5.69 Å². The molecule has 7 nitrogen and oxygen atoms in total. The van der Waals surface area contributed by atoms with Crippen molar-refractivity contribution in [2.75, 3.05) is 17.1 Å².